The summed E-state index contributed by atoms with van der Waals surface area (Å²) in [6.45, 7) is 0. The van der Waals surface area contributed by atoms with E-state index in [1.807, 2.05) is 6.07 Å². The molecule has 128 valence electrons. The number of nitrogens with two attached hydrogens (primary N) is 1. The molecule has 0 spiro atoms. The van der Waals surface area contributed by atoms with E-state index < -0.39 is 5.91 Å². The van der Waals surface area contributed by atoms with Gasteiger partial charge in [0.25, 0.3) is 0 Å². The number of hydrogen-bond donors (Lipinski definition) is 3. The van der Waals surface area contributed by atoms with Crippen molar-refractivity contribution in [3.63, 3.8) is 0 Å². The fourth-order valence-electron chi connectivity index (χ4n) is 2.60. The van der Waals surface area contributed by atoms with Gasteiger partial charge in [-0.25, -0.2) is 4.98 Å². The van der Waals surface area contributed by atoms with Crippen LogP contribution in [0.25, 0.3) is 11.3 Å². The lowest BCUT2D eigenvalue weighted by atomic mass is 10.0. The van der Waals surface area contributed by atoms with Crippen LogP contribution >= 0.6 is 23.2 Å². The van der Waals surface area contributed by atoms with Crippen molar-refractivity contribution < 1.29 is 9.90 Å². The lowest BCUT2D eigenvalue weighted by molar-refractivity contribution is 0.0999. The normalized spacial score (nSPS) is 10.8. The zero-order chi connectivity index (χ0) is 18.0. The Bertz CT molecular complexity index is 938. The molecule has 1 amide bonds. The van der Waals surface area contributed by atoms with Gasteiger partial charge >= 0.3 is 0 Å². The zero-order valence-electron chi connectivity index (χ0n) is 13.1. The number of rotatable bonds is 5. The lowest BCUT2D eigenvalue weighted by Gasteiger charge is -2.06. The van der Waals surface area contributed by atoms with Crippen molar-refractivity contribution in [3.8, 4) is 17.0 Å². The number of aromatic amines is 1. The van der Waals surface area contributed by atoms with Gasteiger partial charge in [-0.1, -0.05) is 29.3 Å². The SMILES string of the molecule is NC(=O)c1cc(O)ccc1CCc1ncc(-c2ccc(Cl)cc2Cl)[nH]1. The van der Waals surface area contributed by atoms with Gasteiger partial charge in [0.05, 0.1) is 16.9 Å². The van der Waals surface area contributed by atoms with Crippen LogP contribution in [-0.4, -0.2) is 21.0 Å². The second-order valence-electron chi connectivity index (χ2n) is 5.57. The number of aromatic hydroxyl groups is 1. The maximum atomic E-state index is 11.5. The third kappa shape index (κ3) is 3.95. The number of benzene rings is 2. The molecule has 7 heteroatoms. The van der Waals surface area contributed by atoms with E-state index in [4.69, 9.17) is 28.9 Å². The van der Waals surface area contributed by atoms with Crippen LogP contribution in [0.3, 0.4) is 0 Å². The summed E-state index contributed by atoms with van der Waals surface area (Å²) in [7, 11) is 0. The molecule has 0 saturated heterocycles. The number of nitrogens with one attached hydrogen (secondary N) is 1. The molecule has 2 aromatic carbocycles. The minimum absolute atomic E-state index is 0.00946. The van der Waals surface area contributed by atoms with Crippen LogP contribution in [0.2, 0.25) is 10.0 Å². The molecule has 0 bridgehead atoms. The van der Waals surface area contributed by atoms with Gasteiger partial charge in [0, 0.05) is 22.6 Å². The summed E-state index contributed by atoms with van der Waals surface area (Å²) in [5.74, 6) is 0.193. The Morgan fingerprint density at radius 2 is 1.96 bits per heavy atom. The molecule has 3 rings (SSSR count). The van der Waals surface area contributed by atoms with Gasteiger partial charge in [-0.05, 0) is 42.3 Å². The summed E-state index contributed by atoms with van der Waals surface area (Å²) in [5.41, 5.74) is 8.03. The summed E-state index contributed by atoms with van der Waals surface area (Å²) in [4.78, 5) is 19.1. The Kier molecular flexibility index (Phi) is 4.97. The van der Waals surface area contributed by atoms with E-state index in [0.29, 0.717) is 28.5 Å². The highest BCUT2D eigenvalue weighted by Gasteiger charge is 2.12. The van der Waals surface area contributed by atoms with E-state index in [0.717, 1.165) is 22.6 Å². The maximum Gasteiger partial charge on any atom is 0.249 e. The molecule has 0 saturated carbocycles. The number of imidazole rings is 1. The quantitative estimate of drug-likeness (QED) is 0.629. The summed E-state index contributed by atoms with van der Waals surface area (Å²) in [6, 6.07) is 9.86. The molecule has 0 aliphatic carbocycles. The van der Waals surface area contributed by atoms with E-state index in [1.165, 1.54) is 12.1 Å². The minimum atomic E-state index is -0.570. The maximum absolute atomic E-state index is 11.5. The van der Waals surface area contributed by atoms with Crippen LogP contribution in [-0.2, 0) is 12.8 Å². The summed E-state index contributed by atoms with van der Waals surface area (Å²) in [6.07, 6.45) is 2.84. The van der Waals surface area contributed by atoms with Gasteiger partial charge in [0.1, 0.15) is 11.6 Å². The van der Waals surface area contributed by atoms with Gasteiger partial charge in [0.15, 0.2) is 0 Å². The number of halogens is 2. The van der Waals surface area contributed by atoms with E-state index in [9.17, 15) is 9.90 Å². The van der Waals surface area contributed by atoms with Crippen molar-refractivity contribution in [3.05, 3.63) is 69.6 Å². The molecule has 0 aliphatic rings. The monoisotopic (exact) mass is 375 g/mol. The van der Waals surface area contributed by atoms with Gasteiger partial charge in [-0.3, -0.25) is 4.79 Å². The minimum Gasteiger partial charge on any atom is -0.508 e. The lowest BCUT2D eigenvalue weighted by Crippen LogP contribution is -2.14. The first-order valence-corrected chi connectivity index (χ1v) is 8.30. The highest BCUT2D eigenvalue weighted by atomic mass is 35.5. The van der Waals surface area contributed by atoms with Crippen molar-refractivity contribution >= 4 is 29.1 Å². The Morgan fingerprint density at radius 1 is 1.16 bits per heavy atom. The van der Waals surface area contributed by atoms with Crippen molar-refractivity contribution in [2.24, 2.45) is 5.73 Å². The van der Waals surface area contributed by atoms with E-state index in [-0.39, 0.29) is 5.75 Å². The van der Waals surface area contributed by atoms with Crippen molar-refractivity contribution in [1.82, 2.24) is 9.97 Å². The van der Waals surface area contributed by atoms with Crippen LogP contribution in [0.5, 0.6) is 5.75 Å². The fourth-order valence-corrected chi connectivity index (χ4v) is 3.11. The van der Waals surface area contributed by atoms with Crippen LogP contribution in [0.4, 0.5) is 0 Å². The van der Waals surface area contributed by atoms with Gasteiger partial charge in [-0.2, -0.15) is 0 Å². The summed E-state index contributed by atoms with van der Waals surface area (Å²) < 4.78 is 0. The van der Waals surface area contributed by atoms with Crippen LogP contribution in [0.1, 0.15) is 21.7 Å². The summed E-state index contributed by atoms with van der Waals surface area (Å²) in [5, 5.41) is 10.6. The van der Waals surface area contributed by atoms with Crippen LogP contribution in [0, 0.1) is 0 Å². The molecule has 0 fully saturated rings. The first-order valence-electron chi connectivity index (χ1n) is 7.55. The Morgan fingerprint density at radius 3 is 2.68 bits per heavy atom. The molecule has 4 N–H and O–H groups in total. The predicted octanol–water partition coefficient (Wildman–Crippen LogP) is 3.97. The topological polar surface area (TPSA) is 92.0 Å². The number of nitrogens with zero attached hydrogens (tertiary/aromatic N) is 1. The van der Waals surface area contributed by atoms with Gasteiger partial charge in [0.2, 0.25) is 5.91 Å². The molecule has 1 heterocycles. The molecule has 1 aromatic heterocycles. The first kappa shape index (κ1) is 17.3. The molecule has 0 atom stereocenters. The fraction of sp³-hybridized carbons (Fsp3) is 0.111. The third-order valence-electron chi connectivity index (χ3n) is 3.84. The van der Waals surface area contributed by atoms with E-state index >= 15 is 0 Å². The first-order chi connectivity index (χ1) is 11.9. The highest BCUT2D eigenvalue weighted by molar-refractivity contribution is 6.36. The van der Waals surface area contributed by atoms with Crippen LogP contribution in [0.15, 0.2) is 42.6 Å². The van der Waals surface area contributed by atoms with E-state index in [2.05, 4.69) is 9.97 Å². The number of phenols is 1. The Labute approximate surface area is 154 Å². The number of aromatic nitrogens is 2. The number of phenolic OH excluding ortho intramolecular Hbond substituents is 1. The number of hydrogen-bond acceptors (Lipinski definition) is 3. The number of aryl methyl sites for hydroxylation is 2. The molecule has 3 aromatic rings. The second-order valence-corrected chi connectivity index (χ2v) is 6.42. The molecular formula is C18H15Cl2N3O2. The Hall–Kier alpha value is -2.50. The van der Waals surface area contributed by atoms with Gasteiger partial charge < -0.3 is 15.8 Å². The largest absolute Gasteiger partial charge is 0.508 e. The van der Waals surface area contributed by atoms with E-state index in [1.54, 1.807) is 24.4 Å². The second kappa shape index (κ2) is 7.17. The van der Waals surface area contributed by atoms with Crippen molar-refractivity contribution in [2.75, 3.05) is 0 Å². The number of primary amides is 1. The molecule has 0 radical (unpaired) electrons. The average molecular weight is 376 g/mol. The molecule has 25 heavy (non-hydrogen) atoms. The molecule has 0 aliphatic heterocycles. The third-order valence-corrected chi connectivity index (χ3v) is 4.39. The number of carbonyl (C=O) groups excluding carboxylic acids is 1. The molecular weight excluding hydrogens is 361 g/mol. The zero-order valence-corrected chi connectivity index (χ0v) is 14.6. The van der Waals surface area contributed by atoms with Crippen LogP contribution < -0.4 is 5.73 Å². The number of carbonyl (C=O) groups is 1. The average Bonchev–Trinajstić information content (AvgIpc) is 3.02. The van der Waals surface area contributed by atoms with Crippen molar-refractivity contribution in [2.45, 2.75) is 12.8 Å². The number of H-pyrrole nitrogens is 1. The molecule has 5 nitrogen and oxygen atoms in total. The standard InChI is InChI=1S/C18H15Cl2N3O2/c19-11-3-5-13(15(20)7-11)16-9-22-17(23-16)6-2-10-1-4-12(24)8-14(10)18(21)25/h1,3-5,7-9,24H,2,6H2,(H2,21,25)(H,22,23). The molecule has 0 unspecified atom stereocenters. The Balaban J connectivity index is 1.78. The predicted molar refractivity (Wildman–Crippen MR) is 98.1 cm³/mol. The van der Waals surface area contributed by atoms with Crippen molar-refractivity contribution in [1.29, 1.82) is 0 Å². The smallest absolute Gasteiger partial charge is 0.249 e. The summed E-state index contributed by atoms with van der Waals surface area (Å²) >= 11 is 12.1. The number of amides is 1. The van der Waals surface area contributed by atoms with Gasteiger partial charge in [-0.15, -0.1) is 0 Å². The highest BCUT2D eigenvalue weighted by Crippen LogP contribution is 2.29.